The molecule has 1 atom stereocenters. The number of hydrogen-bond acceptors (Lipinski definition) is 4. The lowest BCUT2D eigenvalue weighted by Gasteiger charge is -2.34. The second-order valence-corrected chi connectivity index (χ2v) is 8.62. The van der Waals surface area contributed by atoms with Gasteiger partial charge in [-0.1, -0.05) is 18.2 Å². The van der Waals surface area contributed by atoms with Crippen LogP contribution in [0.5, 0.6) is 0 Å². The summed E-state index contributed by atoms with van der Waals surface area (Å²) in [5.74, 6) is -0.195. The number of likely N-dealkylation sites (tertiary alicyclic amines) is 1. The number of anilines is 1. The molecule has 25 heavy (non-hydrogen) atoms. The van der Waals surface area contributed by atoms with Crippen molar-refractivity contribution in [1.82, 2.24) is 15.1 Å². The van der Waals surface area contributed by atoms with Gasteiger partial charge in [0, 0.05) is 25.8 Å². The highest BCUT2D eigenvalue weighted by Crippen LogP contribution is 2.33. The number of nitrogens with zero attached hydrogens (tertiary/aromatic N) is 3. The number of piperidine rings is 1. The van der Waals surface area contributed by atoms with Crippen LogP contribution >= 0.6 is 0 Å². The topological polar surface area (TPSA) is 86.4 Å². The molecule has 1 amide bonds. The molecule has 1 aromatic heterocycles. The SMILES string of the molecule is O=C(c1ccn[nH]1)N1CCC[C@@H](S(=O)(=O)N2CCc3ccccc32)C1. The van der Waals surface area contributed by atoms with E-state index in [0.717, 1.165) is 17.7 Å². The fourth-order valence-corrected chi connectivity index (χ4v) is 5.65. The van der Waals surface area contributed by atoms with Crippen LogP contribution in [-0.2, 0) is 16.4 Å². The van der Waals surface area contributed by atoms with Crippen molar-refractivity contribution in [3.05, 3.63) is 47.8 Å². The summed E-state index contributed by atoms with van der Waals surface area (Å²) in [7, 11) is -3.50. The molecule has 1 aromatic carbocycles. The van der Waals surface area contributed by atoms with Gasteiger partial charge in [-0.3, -0.25) is 14.2 Å². The van der Waals surface area contributed by atoms with Crippen LogP contribution in [0.15, 0.2) is 36.5 Å². The molecule has 2 aliphatic rings. The zero-order valence-electron chi connectivity index (χ0n) is 13.8. The normalized spacial score (nSPS) is 20.6. The van der Waals surface area contributed by atoms with Crippen molar-refractivity contribution < 1.29 is 13.2 Å². The minimum Gasteiger partial charge on any atom is -0.336 e. The van der Waals surface area contributed by atoms with Crippen LogP contribution < -0.4 is 4.31 Å². The van der Waals surface area contributed by atoms with Crippen molar-refractivity contribution in [2.45, 2.75) is 24.5 Å². The number of hydrogen-bond donors (Lipinski definition) is 1. The van der Waals surface area contributed by atoms with E-state index in [1.165, 1.54) is 10.5 Å². The Bertz CT molecular complexity index is 879. The van der Waals surface area contributed by atoms with Crippen molar-refractivity contribution >= 4 is 21.6 Å². The second-order valence-electron chi connectivity index (χ2n) is 6.48. The molecule has 0 bridgehead atoms. The molecule has 1 saturated heterocycles. The number of carbonyl (C=O) groups excluding carboxylic acids is 1. The van der Waals surface area contributed by atoms with Gasteiger partial charge >= 0.3 is 0 Å². The van der Waals surface area contributed by atoms with Gasteiger partial charge in [0.15, 0.2) is 0 Å². The third kappa shape index (κ3) is 2.80. The van der Waals surface area contributed by atoms with E-state index >= 15 is 0 Å². The highest BCUT2D eigenvalue weighted by Gasteiger charge is 2.39. The van der Waals surface area contributed by atoms with Crippen molar-refractivity contribution in [3.8, 4) is 0 Å². The molecule has 3 heterocycles. The van der Waals surface area contributed by atoms with Gasteiger partial charge in [0.1, 0.15) is 5.69 Å². The number of rotatable bonds is 3. The molecule has 0 unspecified atom stereocenters. The summed E-state index contributed by atoms with van der Waals surface area (Å²) in [6, 6.07) is 9.23. The van der Waals surface area contributed by atoms with E-state index in [1.807, 2.05) is 24.3 Å². The Hall–Kier alpha value is -2.35. The Labute approximate surface area is 146 Å². The number of para-hydroxylation sites is 1. The number of aromatic nitrogens is 2. The van der Waals surface area contributed by atoms with Gasteiger partial charge in [0.25, 0.3) is 5.91 Å². The monoisotopic (exact) mass is 360 g/mol. The molecule has 1 fully saturated rings. The van der Waals surface area contributed by atoms with E-state index in [4.69, 9.17) is 0 Å². The Balaban J connectivity index is 1.56. The van der Waals surface area contributed by atoms with Crippen molar-refractivity contribution in [2.75, 3.05) is 23.9 Å². The Morgan fingerprint density at radius 2 is 2.04 bits per heavy atom. The maximum Gasteiger partial charge on any atom is 0.271 e. The summed E-state index contributed by atoms with van der Waals surface area (Å²) in [5.41, 5.74) is 2.23. The molecule has 132 valence electrons. The maximum atomic E-state index is 13.2. The zero-order valence-corrected chi connectivity index (χ0v) is 14.6. The smallest absolute Gasteiger partial charge is 0.271 e. The molecule has 2 aliphatic heterocycles. The number of amides is 1. The lowest BCUT2D eigenvalue weighted by Crippen LogP contribution is -2.49. The molecule has 0 aliphatic carbocycles. The number of aromatic amines is 1. The second kappa shape index (κ2) is 6.18. The van der Waals surface area contributed by atoms with Gasteiger partial charge in [0.05, 0.1) is 10.9 Å². The first-order valence-corrected chi connectivity index (χ1v) is 9.96. The number of carbonyl (C=O) groups is 1. The van der Waals surface area contributed by atoms with Gasteiger partial charge < -0.3 is 4.90 Å². The minimum absolute atomic E-state index is 0.195. The summed E-state index contributed by atoms with van der Waals surface area (Å²) in [5, 5.41) is 5.88. The molecular formula is C17H20N4O3S. The van der Waals surface area contributed by atoms with Gasteiger partial charge in [-0.05, 0) is 37.0 Å². The van der Waals surface area contributed by atoms with E-state index in [0.29, 0.717) is 31.6 Å². The zero-order chi connectivity index (χ0) is 17.4. The molecule has 1 N–H and O–H groups in total. The number of H-pyrrole nitrogens is 1. The molecule has 0 spiro atoms. The molecule has 4 rings (SSSR count). The fraction of sp³-hybridized carbons (Fsp3) is 0.412. The highest BCUT2D eigenvalue weighted by atomic mass is 32.2. The number of fused-ring (bicyclic) bond motifs is 1. The van der Waals surface area contributed by atoms with E-state index in [9.17, 15) is 13.2 Å². The van der Waals surface area contributed by atoms with Crippen LogP contribution in [-0.4, -0.2) is 54.3 Å². The standard InChI is InChI=1S/C17H20N4O3S/c22-17(15-7-9-18-19-15)20-10-3-5-14(12-20)25(23,24)21-11-8-13-4-1-2-6-16(13)21/h1-2,4,6-7,9,14H,3,5,8,10-12H2,(H,18,19)/t14-/m1/s1. The van der Waals surface area contributed by atoms with Crippen LogP contribution in [0.1, 0.15) is 28.9 Å². The first kappa shape index (κ1) is 16.1. The summed E-state index contributed by atoms with van der Waals surface area (Å²) >= 11 is 0. The average Bonchev–Trinajstić information content (AvgIpc) is 3.31. The highest BCUT2D eigenvalue weighted by molar-refractivity contribution is 7.93. The van der Waals surface area contributed by atoms with Gasteiger partial charge in [0.2, 0.25) is 10.0 Å². The molecular weight excluding hydrogens is 340 g/mol. The number of nitrogens with one attached hydrogen (secondary N) is 1. The quantitative estimate of drug-likeness (QED) is 0.897. The lowest BCUT2D eigenvalue weighted by molar-refractivity contribution is 0.0721. The van der Waals surface area contributed by atoms with Gasteiger partial charge in [-0.15, -0.1) is 0 Å². The Morgan fingerprint density at radius 1 is 1.20 bits per heavy atom. The number of benzene rings is 1. The van der Waals surface area contributed by atoms with E-state index in [2.05, 4.69) is 10.2 Å². The van der Waals surface area contributed by atoms with Crippen LogP contribution in [0, 0.1) is 0 Å². The summed E-state index contributed by atoms with van der Waals surface area (Å²) in [6.45, 7) is 1.27. The van der Waals surface area contributed by atoms with Crippen LogP contribution in [0.4, 0.5) is 5.69 Å². The van der Waals surface area contributed by atoms with Crippen LogP contribution in [0.25, 0.3) is 0 Å². The van der Waals surface area contributed by atoms with Crippen molar-refractivity contribution in [1.29, 1.82) is 0 Å². The number of sulfonamides is 1. The van der Waals surface area contributed by atoms with Crippen molar-refractivity contribution in [2.24, 2.45) is 0 Å². The Morgan fingerprint density at radius 3 is 2.84 bits per heavy atom. The third-order valence-electron chi connectivity index (χ3n) is 4.97. The summed E-state index contributed by atoms with van der Waals surface area (Å²) < 4.78 is 27.9. The van der Waals surface area contributed by atoms with Crippen molar-refractivity contribution in [3.63, 3.8) is 0 Å². The van der Waals surface area contributed by atoms with Crippen LogP contribution in [0.3, 0.4) is 0 Å². The van der Waals surface area contributed by atoms with E-state index in [1.54, 1.807) is 11.0 Å². The van der Waals surface area contributed by atoms with E-state index < -0.39 is 15.3 Å². The predicted molar refractivity (Wildman–Crippen MR) is 93.9 cm³/mol. The first-order chi connectivity index (χ1) is 12.1. The molecule has 7 nitrogen and oxygen atoms in total. The van der Waals surface area contributed by atoms with Crippen LogP contribution in [0.2, 0.25) is 0 Å². The molecule has 0 saturated carbocycles. The minimum atomic E-state index is -3.50. The Kier molecular flexibility index (Phi) is 3.99. The molecule has 0 radical (unpaired) electrons. The fourth-order valence-electron chi connectivity index (χ4n) is 3.66. The van der Waals surface area contributed by atoms with E-state index in [-0.39, 0.29) is 12.5 Å². The maximum absolute atomic E-state index is 13.2. The summed E-state index contributed by atoms with van der Waals surface area (Å²) in [6.07, 6.45) is 3.51. The average molecular weight is 360 g/mol. The van der Waals surface area contributed by atoms with Gasteiger partial charge in [-0.25, -0.2) is 8.42 Å². The largest absolute Gasteiger partial charge is 0.336 e. The molecule has 8 heteroatoms. The first-order valence-electron chi connectivity index (χ1n) is 8.45. The predicted octanol–water partition coefficient (Wildman–Crippen LogP) is 1.41. The lowest BCUT2D eigenvalue weighted by atomic mass is 10.1. The van der Waals surface area contributed by atoms with Gasteiger partial charge in [-0.2, -0.15) is 5.10 Å². The molecule has 2 aromatic rings. The third-order valence-corrected chi connectivity index (χ3v) is 7.19. The summed E-state index contributed by atoms with van der Waals surface area (Å²) in [4.78, 5) is 14.1.